The van der Waals surface area contributed by atoms with Crippen LogP contribution in [0.15, 0.2) is 30.3 Å². The maximum Gasteiger partial charge on any atom is 0.320 e. The Kier molecular flexibility index (Phi) is 5.71. The molecule has 2 aliphatic heterocycles. The average molecular weight is 319 g/mol. The summed E-state index contributed by atoms with van der Waals surface area (Å²) in [7, 11) is 0. The van der Waals surface area contributed by atoms with Crippen molar-refractivity contribution in [1.29, 1.82) is 0 Å². The third-order valence-electron chi connectivity index (χ3n) is 4.34. The molecule has 0 radical (unpaired) electrons. The van der Waals surface area contributed by atoms with E-state index in [1.807, 2.05) is 40.1 Å². The van der Waals surface area contributed by atoms with Gasteiger partial charge in [-0.1, -0.05) is 18.2 Å². The van der Waals surface area contributed by atoms with E-state index in [2.05, 4.69) is 4.90 Å². The number of hydrogen-bond acceptors (Lipinski definition) is 4. The molecule has 2 saturated heterocycles. The van der Waals surface area contributed by atoms with E-state index < -0.39 is 0 Å². The van der Waals surface area contributed by atoms with Gasteiger partial charge in [0, 0.05) is 45.8 Å². The van der Waals surface area contributed by atoms with Crippen molar-refractivity contribution in [2.24, 2.45) is 0 Å². The lowest BCUT2D eigenvalue weighted by Gasteiger charge is -2.38. The summed E-state index contributed by atoms with van der Waals surface area (Å²) in [6.45, 7) is 7.72. The zero-order chi connectivity index (χ0) is 15.9. The highest BCUT2D eigenvalue weighted by Gasteiger charge is 2.26. The van der Waals surface area contributed by atoms with Crippen molar-refractivity contribution in [1.82, 2.24) is 14.7 Å². The average Bonchev–Trinajstić information content (AvgIpc) is 2.63. The molecule has 2 amide bonds. The molecule has 2 fully saturated rings. The van der Waals surface area contributed by atoms with Crippen LogP contribution in [-0.4, -0.2) is 86.4 Å². The second-order valence-electron chi connectivity index (χ2n) is 5.87. The van der Waals surface area contributed by atoms with E-state index in [0.29, 0.717) is 32.9 Å². The van der Waals surface area contributed by atoms with Crippen molar-refractivity contribution in [3.8, 4) is 5.75 Å². The first-order valence-electron chi connectivity index (χ1n) is 8.35. The standard InChI is InChI=1S/C17H25N3O3/c21-17(20-11-13-22-14-12-20)19-8-6-18(7-9-19)10-15-23-16-4-2-1-3-5-16/h1-5H,6-15H2. The van der Waals surface area contributed by atoms with E-state index in [0.717, 1.165) is 38.5 Å². The number of piperazine rings is 1. The van der Waals surface area contributed by atoms with Crippen LogP contribution in [0.25, 0.3) is 0 Å². The number of para-hydroxylation sites is 1. The third-order valence-corrected chi connectivity index (χ3v) is 4.34. The van der Waals surface area contributed by atoms with Gasteiger partial charge in [0.2, 0.25) is 0 Å². The molecule has 6 nitrogen and oxygen atoms in total. The van der Waals surface area contributed by atoms with Crippen LogP contribution in [0.4, 0.5) is 4.79 Å². The van der Waals surface area contributed by atoms with E-state index in [-0.39, 0.29) is 6.03 Å². The minimum atomic E-state index is 0.161. The van der Waals surface area contributed by atoms with Gasteiger partial charge in [0.25, 0.3) is 0 Å². The largest absolute Gasteiger partial charge is 0.492 e. The third kappa shape index (κ3) is 4.59. The normalized spacial score (nSPS) is 19.7. The maximum absolute atomic E-state index is 12.4. The van der Waals surface area contributed by atoms with Crippen molar-refractivity contribution in [2.45, 2.75) is 0 Å². The first-order chi connectivity index (χ1) is 11.3. The summed E-state index contributed by atoms with van der Waals surface area (Å²) in [5.74, 6) is 0.911. The molecule has 0 bridgehead atoms. The fourth-order valence-corrected chi connectivity index (χ4v) is 2.93. The number of rotatable bonds is 4. The highest BCUT2D eigenvalue weighted by atomic mass is 16.5. The van der Waals surface area contributed by atoms with Gasteiger partial charge < -0.3 is 19.3 Å². The molecule has 3 rings (SSSR count). The number of ether oxygens (including phenoxy) is 2. The number of morpholine rings is 1. The topological polar surface area (TPSA) is 45.2 Å². The summed E-state index contributed by atoms with van der Waals surface area (Å²) in [6, 6.07) is 10.0. The lowest BCUT2D eigenvalue weighted by molar-refractivity contribution is 0.0370. The number of urea groups is 1. The van der Waals surface area contributed by atoms with Crippen molar-refractivity contribution in [2.75, 3.05) is 65.6 Å². The lowest BCUT2D eigenvalue weighted by atomic mass is 10.3. The smallest absolute Gasteiger partial charge is 0.320 e. The molecule has 2 heterocycles. The molecule has 0 aromatic heterocycles. The van der Waals surface area contributed by atoms with Crippen LogP contribution in [0.3, 0.4) is 0 Å². The predicted molar refractivity (Wildman–Crippen MR) is 87.7 cm³/mol. The summed E-state index contributed by atoms with van der Waals surface area (Å²) in [5, 5.41) is 0. The Morgan fingerprint density at radius 2 is 1.61 bits per heavy atom. The molecule has 2 aliphatic rings. The first-order valence-corrected chi connectivity index (χ1v) is 8.35. The molecule has 0 saturated carbocycles. The summed E-state index contributed by atoms with van der Waals surface area (Å²) in [6.07, 6.45) is 0. The minimum absolute atomic E-state index is 0.161. The summed E-state index contributed by atoms with van der Waals surface area (Å²) in [5.41, 5.74) is 0. The number of nitrogens with zero attached hydrogens (tertiary/aromatic N) is 3. The zero-order valence-electron chi connectivity index (χ0n) is 13.5. The molecule has 6 heteroatoms. The number of benzene rings is 1. The quantitative estimate of drug-likeness (QED) is 0.835. The highest BCUT2D eigenvalue weighted by molar-refractivity contribution is 5.74. The Balaban J connectivity index is 1.36. The van der Waals surface area contributed by atoms with Gasteiger partial charge >= 0.3 is 6.03 Å². The molecular weight excluding hydrogens is 294 g/mol. The molecule has 1 aromatic rings. The highest BCUT2D eigenvalue weighted by Crippen LogP contribution is 2.10. The SMILES string of the molecule is O=C(N1CCOCC1)N1CCN(CCOc2ccccc2)CC1. The Hall–Kier alpha value is -1.79. The van der Waals surface area contributed by atoms with Crippen LogP contribution in [0.1, 0.15) is 0 Å². The predicted octanol–water partition coefficient (Wildman–Crippen LogP) is 1.14. The van der Waals surface area contributed by atoms with Crippen LogP contribution >= 0.6 is 0 Å². The fraction of sp³-hybridized carbons (Fsp3) is 0.588. The van der Waals surface area contributed by atoms with Crippen LogP contribution in [-0.2, 0) is 4.74 Å². The molecule has 23 heavy (non-hydrogen) atoms. The maximum atomic E-state index is 12.4. The zero-order valence-corrected chi connectivity index (χ0v) is 13.5. The molecule has 0 N–H and O–H groups in total. The number of carbonyl (C=O) groups is 1. The van der Waals surface area contributed by atoms with Crippen LogP contribution in [0, 0.1) is 0 Å². The molecule has 0 unspecified atom stereocenters. The van der Waals surface area contributed by atoms with Gasteiger partial charge in [-0.25, -0.2) is 4.79 Å². The van der Waals surface area contributed by atoms with E-state index in [4.69, 9.17) is 9.47 Å². The summed E-state index contributed by atoms with van der Waals surface area (Å²) < 4.78 is 11.0. The van der Waals surface area contributed by atoms with Gasteiger partial charge in [0.1, 0.15) is 12.4 Å². The molecule has 1 aromatic carbocycles. The second-order valence-corrected chi connectivity index (χ2v) is 5.87. The summed E-state index contributed by atoms with van der Waals surface area (Å²) in [4.78, 5) is 18.6. The Morgan fingerprint density at radius 3 is 2.30 bits per heavy atom. The minimum Gasteiger partial charge on any atom is -0.492 e. The van der Waals surface area contributed by atoms with Gasteiger partial charge in [-0.05, 0) is 12.1 Å². The van der Waals surface area contributed by atoms with Crippen molar-refractivity contribution >= 4 is 6.03 Å². The lowest BCUT2D eigenvalue weighted by Crippen LogP contribution is -2.55. The molecule has 0 aliphatic carbocycles. The molecule has 126 valence electrons. The van der Waals surface area contributed by atoms with Crippen molar-refractivity contribution in [3.05, 3.63) is 30.3 Å². The van der Waals surface area contributed by atoms with Crippen LogP contribution < -0.4 is 4.74 Å². The van der Waals surface area contributed by atoms with Gasteiger partial charge in [-0.3, -0.25) is 4.90 Å². The molecule has 0 spiro atoms. The summed E-state index contributed by atoms with van der Waals surface area (Å²) >= 11 is 0. The van der Waals surface area contributed by atoms with Crippen LogP contribution in [0.2, 0.25) is 0 Å². The Labute approximate surface area is 137 Å². The Bertz CT molecular complexity index is 483. The van der Waals surface area contributed by atoms with Crippen molar-refractivity contribution < 1.29 is 14.3 Å². The fourth-order valence-electron chi connectivity index (χ4n) is 2.93. The van der Waals surface area contributed by atoms with Gasteiger partial charge in [-0.15, -0.1) is 0 Å². The van der Waals surface area contributed by atoms with Crippen LogP contribution in [0.5, 0.6) is 5.75 Å². The number of amides is 2. The second kappa shape index (κ2) is 8.17. The Morgan fingerprint density at radius 1 is 0.957 bits per heavy atom. The molecular formula is C17H25N3O3. The van der Waals surface area contributed by atoms with E-state index in [1.165, 1.54) is 0 Å². The van der Waals surface area contributed by atoms with E-state index >= 15 is 0 Å². The monoisotopic (exact) mass is 319 g/mol. The van der Waals surface area contributed by atoms with E-state index in [9.17, 15) is 4.79 Å². The number of carbonyl (C=O) groups excluding carboxylic acids is 1. The van der Waals surface area contributed by atoms with Gasteiger partial charge in [-0.2, -0.15) is 0 Å². The first kappa shape index (κ1) is 16.1. The van der Waals surface area contributed by atoms with Gasteiger partial charge in [0.15, 0.2) is 0 Å². The van der Waals surface area contributed by atoms with Crippen molar-refractivity contribution in [3.63, 3.8) is 0 Å². The number of hydrogen-bond donors (Lipinski definition) is 0. The molecule has 0 atom stereocenters. The van der Waals surface area contributed by atoms with Gasteiger partial charge in [0.05, 0.1) is 13.2 Å². The van der Waals surface area contributed by atoms with E-state index in [1.54, 1.807) is 0 Å².